The van der Waals surface area contributed by atoms with Gasteiger partial charge < -0.3 is 4.74 Å². The van der Waals surface area contributed by atoms with Crippen LogP contribution < -0.4 is 0 Å². The molecule has 0 rings (SSSR count). The van der Waals surface area contributed by atoms with Crippen LogP contribution in [0.3, 0.4) is 0 Å². The van der Waals surface area contributed by atoms with Crippen LogP contribution in [0.1, 0.15) is 19.8 Å². The van der Waals surface area contributed by atoms with Gasteiger partial charge in [0, 0.05) is 19.1 Å². The predicted molar refractivity (Wildman–Crippen MR) is 50.3 cm³/mol. The maximum atomic E-state index is 11.0. The minimum atomic E-state index is -3.63. The number of ether oxygens (including phenoxy) is 1. The number of methoxy groups -OCH3 is 1. The summed E-state index contributed by atoms with van der Waals surface area (Å²) in [6.45, 7) is 1.62. The van der Waals surface area contributed by atoms with Gasteiger partial charge in [0.1, 0.15) is 0 Å². The number of sulfone groups is 1. The first-order valence-electron chi connectivity index (χ1n) is 4.07. The summed E-state index contributed by atoms with van der Waals surface area (Å²) in [5.74, 6) is -0.761. The Morgan fingerprint density at radius 3 is 2.14 bits per heavy atom. The Morgan fingerprint density at radius 2 is 1.79 bits per heavy atom. The third-order valence-electron chi connectivity index (χ3n) is 1.67. The monoisotopic (exact) mass is 222 g/mol. The van der Waals surface area contributed by atoms with E-state index in [0.29, 0.717) is 0 Å². The molecule has 0 aromatic heterocycles. The van der Waals surface area contributed by atoms with Gasteiger partial charge in [0.15, 0.2) is 0 Å². The molecule has 1 atom stereocenters. The fourth-order valence-electron chi connectivity index (χ4n) is 0.876. The Bertz CT molecular complexity index is 317. The molecule has 0 spiro atoms. The lowest BCUT2D eigenvalue weighted by atomic mass is 10.1. The van der Waals surface area contributed by atoms with Crippen LogP contribution in [-0.2, 0) is 24.2 Å². The second-order valence-corrected chi connectivity index (χ2v) is 5.23. The average Bonchev–Trinajstić information content (AvgIpc) is 2.02. The second kappa shape index (κ2) is 5.09. The number of carbonyl (C=O) groups is 2. The lowest BCUT2D eigenvalue weighted by Crippen LogP contribution is -2.17. The lowest BCUT2D eigenvalue weighted by molar-refractivity contribution is -0.141. The summed E-state index contributed by atoms with van der Waals surface area (Å²) in [6.07, 6.45) is 0.770. The Labute approximate surface area is 83.4 Å². The van der Waals surface area contributed by atoms with Crippen molar-refractivity contribution >= 4 is 20.9 Å². The molecule has 0 saturated carbocycles. The average molecular weight is 222 g/mol. The summed E-state index contributed by atoms with van der Waals surface area (Å²) in [4.78, 5) is 21.8. The van der Waals surface area contributed by atoms with Crippen molar-refractivity contribution in [2.75, 3.05) is 13.4 Å². The van der Waals surface area contributed by atoms with Crippen LogP contribution in [0.2, 0.25) is 0 Å². The van der Waals surface area contributed by atoms with Crippen molar-refractivity contribution in [1.82, 2.24) is 0 Å². The predicted octanol–water partition coefficient (Wildman–Crippen LogP) is 0.147. The van der Waals surface area contributed by atoms with Crippen molar-refractivity contribution in [3.63, 3.8) is 0 Å². The van der Waals surface area contributed by atoms with Gasteiger partial charge in [-0.3, -0.25) is 9.59 Å². The largest absolute Gasteiger partial charge is 0.469 e. The second-order valence-electron chi connectivity index (χ2n) is 3.23. The highest BCUT2D eigenvalue weighted by molar-refractivity contribution is 8.05. The highest BCUT2D eigenvalue weighted by Crippen LogP contribution is 2.10. The Hall–Kier alpha value is -0.910. The van der Waals surface area contributed by atoms with Crippen LogP contribution in [-0.4, -0.2) is 32.9 Å². The summed E-state index contributed by atoms with van der Waals surface area (Å²) in [6, 6.07) is 0. The van der Waals surface area contributed by atoms with E-state index in [0.717, 1.165) is 6.26 Å². The van der Waals surface area contributed by atoms with E-state index in [1.54, 1.807) is 6.92 Å². The molecule has 0 saturated heterocycles. The minimum absolute atomic E-state index is 0.0533. The Morgan fingerprint density at radius 1 is 1.29 bits per heavy atom. The molecular weight excluding hydrogens is 208 g/mol. The summed E-state index contributed by atoms with van der Waals surface area (Å²) in [5, 5.41) is -0.839. The number of carbonyl (C=O) groups excluding carboxylic acids is 2. The number of esters is 1. The van der Waals surface area contributed by atoms with E-state index >= 15 is 0 Å². The first-order chi connectivity index (χ1) is 6.27. The standard InChI is InChI=1S/C8H14O5S/c1-6(4-7(9)13-2)5-8(10)14(3,11)12/h6H,4-5H2,1-3H3/t6-/m1/s1. The Balaban J connectivity index is 4.15. The third-order valence-corrected chi connectivity index (χ3v) is 2.67. The van der Waals surface area contributed by atoms with Gasteiger partial charge in [0.2, 0.25) is 15.0 Å². The summed E-state index contributed by atoms with van der Waals surface area (Å²) in [7, 11) is -2.39. The normalized spacial score (nSPS) is 13.4. The fourth-order valence-corrected chi connectivity index (χ4v) is 1.46. The first-order valence-corrected chi connectivity index (χ1v) is 5.96. The molecule has 82 valence electrons. The van der Waals surface area contributed by atoms with E-state index in [2.05, 4.69) is 4.74 Å². The molecule has 0 aromatic rings. The highest BCUT2D eigenvalue weighted by Gasteiger charge is 2.20. The zero-order valence-corrected chi connectivity index (χ0v) is 9.26. The van der Waals surface area contributed by atoms with E-state index < -0.39 is 20.9 Å². The first kappa shape index (κ1) is 13.1. The van der Waals surface area contributed by atoms with Gasteiger partial charge in [0.25, 0.3) is 0 Å². The molecule has 0 aromatic carbocycles. The zero-order valence-electron chi connectivity index (χ0n) is 8.44. The van der Waals surface area contributed by atoms with Crippen molar-refractivity contribution in [3.05, 3.63) is 0 Å². The van der Waals surface area contributed by atoms with Gasteiger partial charge in [-0.1, -0.05) is 6.92 Å². The third kappa shape index (κ3) is 4.96. The summed E-state index contributed by atoms with van der Waals surface area (Å²) in [5.41, 5.74) is 0. The number of rotatable bonds is 4. The van der Waals surface area contributed by atoms with E-state index in [4.69, 9.17) is 0 Å². The highest BCUT2D eigenvalue weighted by atomic mass is 32.2. The molecule has 0 unspecified atom stereocenters. The molecule has 0 amide bonds. The Kier molecular flexibility index (Phi) is 4.76. The van der Waals surface area contributed by atoms with Crippen molar-refractivity contribution in [1.29, 1.82) is 0 Å². The van der Waals surface area contributed by atoms with Gasteiger partial charge in [-0.15, -0.1) is 0 Å². The fraction of sp³-hybridized carbons (Fsp3) is 0.750. The molecule has 0 radical (unpaired) electrons. The zero-order chi connectivity index (χ0) is 11.4. The lowest BCUT2D eigenvalue weighted by Gasteiger charge is -2.07. The van der Waals surface area contributed by atoms with Crippen molar-refractivity contribution < 1.29 is 22.7 Å². The van der Waals surface area contributed by atoms with E-state index in [1.807, 2.05) is 0 Å². The molecule has 14 heavy (non-hydrogen) atoms. The van der Waals surface area contributed by atoms with Crippen molar-refractivity contribution in [3.8, 4) is 0 Å². The van der Waals surface area contributed by atoms with Crippen molar-refractivity contribution in [2.24, 2.45) is 5.92 Å². The summed E-state index contributed by atoms with van der Waals surface area (Å²) < 4.78 is 25.9. The van der Waals surface area contributed by atoms with Crippen LogP contribution in [0.4, 0.5) is 0 Å². The van der Waals surface area contributed by atoms with Gasteiger partial charge in [-0.05, 0) is 5.92 Å². The van der Waals surface area contributed by atoms with Crippen molar-refractivity contribution in [2.45, 2.75) is 19.8 Å². The summed E-state index contributed by atoms with van der Waals surface area (Å²) >= 11 is 0. The topological polar surface area (TPSA) is 77.5 Å². The molecule has 0 aliphatic heterocycles. The SMILES string of the molecule is COC(=O)C[C@@H](C)CC(=O)S(C)(=O)=O. The van der Waals surface area contributed by atoms with Crippen LogP contribution in [0, 0.1) is 5.92 Å². The molecular formula is C8H14O5S. The van der Waals surface area contributed by atoms with Gasteiger partial charge in [-0.2, -0.15) is 0 Å². The quantitative estimate of drug-likeness (QED) is 0.632. The molecule has 0 fully saturated rings. The maximum Gasteiger partial charge on any atom is 0.305 e. The molecule has 0 bridgehead atoms. The van der Waals surface area contributed by atoms with E-state index in [9.17, 15) is 18.0 Å². The van der Waals surface area contributed by atoms with E-state index in [-0.39, 0.29) is 18.8 Å². The maximum absolute atomic E-state index is 11.0. The van der Waals surface area contributed by atoms with Gasteiger partial charge in [0.05, 0.1) is 7.11 Å². The molecule has 0 N–H and O–H groups in total. The molecule has 5 nitrogen and oxygen atoms in total. The van der Waals surface area contributed by atoms with Crippen LogP contribution in [0.25, 0.3) is 0 Å². The van der Waals surface area contributed by atoms with Crippen LogP contribution in [0.15, 0.2) is 0 Å². The van der Waals surface area contributed by atoms with Gasteiger partial charge >= 0.3 is 5.97 Å². The van der Waals surface area contributed by atoms with E-state index in [1.165, 1.54) is 7.11 Å². The van der Waals surface area contributed by atoms with Gasteiger partial charge in [-0.25, -0.2) is 8.42 Å². The number of hydrogen-bond donors (Lipinski definition) is 0. The molecule has 0 heterocycles. The molecule has 0 aliphatic carbocycles. The molecule has 0 aliphatic rings. The smallest absolute Gasteiger partial charge is 0.305 e. The molecule has 6 heteroatoms. The minimum Gasteiger partial charge on any atom is -0.469 e. The number of hydrogen-bond acceptors (Lipinski definition) is 5. The van der Waals surface area contributed by atoms with Crippen LogP contribution >= 0.6 is 0 Å². The van der Waals surface area contributed by atoms with Crippen LogP contribution in [0.5, 0.6) is 0 Å².